The van der Waals surface area contributed by atoms with E-state index in [1.807, 2.05) is 19.0 Å². The van der Waals surface area contributed by atoms with Gasteiger partial charge < -0.3 is 25.3 Å². The Hall–Kier alpha value is -4.04. The van der Waals surface area contributed by atoms with Gasteiger partial charge in [0.05, 0.1) is 11.8 Å². The maximum absolute atomic E-state index is 13.5. The number of likely N-dealkylation sites (N-methyl/N-ethyl adjacent to an activating group) is 2. The molecule has 10 nitrogen and oxygen atoms in total. The molecule has 0 spiro atoms. The van der Waals surface area contributed by atoms with Crippen LogP contribution in [0, 0.1) is 17.8 Å². The van der Waals surface area contributed by atoms with Crippen molar-refractivity contribution in [1.29, 1.82) is 0 Å². The molecular weight excluding hydrogens is 523 g/mol. The number of rotatable bonds is 14. The summed E-state index contributed by atoms with van der Waals surface area (Å²) in [6.07, 6.45) is 10.8. The summed E-state index contributed by atoms with van der Waals surface area (Å²) in [7, 11) is 5.46. The predicted molar refractivity (Wildman–Crippen MR) is 159 cm³/mol. The minimum atomic E-state index is -0.583. The zero-order chi connectivity index (χ0) is 29.8. The summed E-state index contributed by atoms with van der Waals surface area (Å²) in [4.78, 5) is 43.2. The minimum Gasteiger partial charge on any atom is -0.354 e. The number of unbranched alkanes of at least 4 members (excludes halogenated alkanes) is 1. The van der Waals surface area contributed by atoms with Gasteiger partial charge in [0.15, 0.2) is 0 Å². The van der Waals surface area contributed by atoms with Crippen LogP contribution in [0.3, 0.4) is 0 Å². The van der Waals surface area contributed by atoms with Crippen molar-refractivity contribution in [2.75, 3.05) is 51.0 Å². The number of amides is 2. The number of hydrogen-bond donors (Lipinski definition) is 2. The summed E-state index contributed by atoms with van der Waals surface area (Å²) in [5, 5.41) is 5.94. The van der Waals surface area contributed by atoms with E-state index in [2.05, 4.69) is 44.3 Å². The molecule has 2 amide bonds. The van der Waals surface area contributed by atoms with Crippen molar-refractivity contribution in [3.63, 3.8) is 0 Å². The van der Waals surface area contributed by atoms with Gasteiger partial charge in [-0.3, -0.25) is 9.59 Å². The monoisotopic (exact) mass is 564 g/mol. The van der Waals surface area contributed by atoms with E-state index in [0.717, 1.165) is 37.2 Å². The number of aromatic nitrogens is 3. The Bertz CT molecular complexity index is 1270. The second-order valence-corrected chi connectivity index (χ2v) is 10.3. The highest BCUT2D eigenvalue weighted by Crippen LogP contribution is 2.33. The summed E-state index contributed by atoms with van der Waals surface area (Å²) in [5.41, 5.74) is 1.25. The maximum Gasteiger partial charge on any atom is 0.246 e. The molecule has 2 aromatic heterocycles. The van der Waals surface area contributed by atoms with Crippen LogP contribution in [0.25, 0.3) is 0 Å². The average Bonchev–Trinajstić information content (AvgIpc) is 3.78. The lowest BCUT2D eigenvalue weighted by Gasteiger charge is -2.24. The van der Waals surface area contributed by atoms with Crippen molar-refractivity contribution in [2.24, 2.45) is 0 Å². The zero-order valence-corrected chi connectivity index (χ0v) is 24.7. The molecule has 11 heteroatoms. The summed E-state index contributed by atoms with van der Waals surface area (Å²) < 4.78 is 13.5. The van der Waals surface area contributed by atoms with E-state index in [1.54, 1.807) is 32.3 Å². The van der Waals surface area contributed by atoms with Crippen LogP contribution in [-0.4, -0.2) is 89.4 Å². The smallest absolute Gasteiger partial charge is 0.246 e. The molecule has 0 aromatic carbocycles. The highest BCUT2D eigenvalue weighted by atomic mass is 19.1. The summed E-state index contributed by atoms with van der Waals surface area (Å²) in [6.45, 7) is 5.80. The van der Waals surface area contributed by atoms with E-state index in [0.29, 0.717) is 43.6 Å². The summed E-state index contributed by atoms with van der Waals surface area (Å²) in [5.74, 6) is 6.54. The first kappa shape index (κ1) is 31.5. The lowest BCUT2D eigenvalue weighted by atomic mass is 10.2. The lowest BCUT2D eigenvalue weighted by molar-refractivity contribution is -0.135. The molecule has 3 rings (SSSR count). The minimum absolute atomic E-state index is 0.206. The van der Waals surface area contributed by atoms with E-state index in [1.165, 1.54) is 23.2 Å². The van der Waals surface area contributed by atoms with Crippen LogP contribution in [0.1, 0.15) is 51.5 Å². The SMILES string of the molecule is CCCN(c1nc(Nc2ccnc(F)c2)ncc1C#CCCCNC(=O)[C@H](C)N(C)C(=O)C=CCN(C)C)C1CC1. The highest BCUT2D eigenvalue weighted by Gasteiger charge is 2.31. The van der Waals surface area contributed by atoms with Crippen LogP contribution in [0.5, 0.6) is 0 Å². The molecule has 0 unspecified atom stereocenters. The van der Waals surface area contributed by atoms with Crippen molar-refractivity contribution in [2.45, 2.75) is 58.0 Å². The van der Waals surface area contributed by atoms with Gasteiger partial charge in [0.2, 0.25) is 23.7 Å². The van der Waals surface area contributed by atoms with Crippen molar-refractivity contribution >= 4 is 29.3 Å². The first-order valence-electron chi connectivity index (χ1n) is 14.1. The lowest BCUT2D eigenvalue weighted by Crippen LogP contribution is -2.45. The van der Waals surface area contributed by atoms with Crippen molar-refractivity contribution in [3.8, 4) is 11.8 Å². The standard InChI is InChI=1S/C30H41FN8O2/c1-6-18-39(25-13-14-25)28-23(21-34-30(36-28)35-24-15-17-32-26(31)20-24)11-8-7-9-16-33-29(41)22(2)38(5)27(40)12-10-19-37(3)4/h10,12,15,17,20-22,25H,6-7,9,13-14,16,18-19H2,1-5H3,(H,33,41)(H,32,34,35,36)/t22-/m0/s1. The van der Waals surface area contributed by atoms with Gasteiger partial charge in [0.1, 0.15) is 11.9 Å². The Morgan fingerprint density at radius 1 is 1.24 bits per heavy atom. The molecule has 2 aromatic rings. The first-order chi connectivity index (χ1) is 19.7. The van der Waals surface area contributed by atoms with E-state index in [-0.39, 0.29) is 11.8 Å². The second kappa shape index (κ2) is 15.7. The molecule has 1 fully saturated rings. The number of carbonyl (C=O) groups is 2. The molecule has 1 atom stereocenters. The molecular formula is C30H41FN8O2. The average molecular weight is 565 g/mol. The normalized spacial score (nSPS) is 13.4. The Morgan fingerprint density at radius 3 is 2.71 bits per heavy atom. The van der Waals surface area contributed by atoms with E-state index in [4.69, 9.17) is 4.98 Å². The Labute approximate surface area is 242 Å². The van der Waals surface area contributed by atoms with Crippen LogP contribution < -0.4 is 15.5 Å². The first-order valence-corrected chi connectivity index (χ1v) is 14.1. The van der Waals surface area contributed by atoms with Crippen LogP contribution in [0.2, 0.25) is 0 Å². The van der Waals surface area contributed by atoms with E-state index < -0.39 is 12.0 Å². The fourth-order valence-corrected chi connectivity index (χ4v) is 3.98. The van der Waals surface area contributed by atoms with Gasteiger partial charge in [-0.1, -0.05) is 24.8 Å². The third kappa shape index (κ3) is 10.1. The Balaban J connectivity index is 1.58. The quantitative estimate of drug-likeness (QED) is 0.156. The molecule has 1 aliphatic carbocycles. The topological polar surface area (TPSA) is 107 Å². The predicted octanol–water partition coefficient (Wildman–Crippen LogP) is 3.35. The molecule has 0 radical (unpaired) electrons. The van der Waals surface area contributed by atoms with Crippen LogP contribution in [-0.2, 0) is 9.59 Å². The van der Waals surface area contributed by atoms with Gasteiger partial charge >= 0.3 is 0 Å². The van der Waals surface area contributed by atoms with Crippen LogP contribution in [0.15, 0.2) is 36.7 Å². The molecule has 220 valence electrons. The largest absolute Gasteiger partial charge is 0.354 e. The zero-order valence-electron chi connectivity index (χ0n) is 24.7. The maximum atomic E-state index is 13.5. The molecule has 2 heterocycles. The fourth-order valence-electron chi connectivity index (χ4n) is 3.98. The number of pyridine rings is 1. The van der Waals surface area contributed by atoms with Crippen molar-refractivity contribution < 1.29 is 14.0 Å². The Morgan fingerprint density at radius 2 is 2.02 bits per heavy atom. The van der Waals surface area contributed by atoms with Crippen LogP contribution in [0.4, 0.5) is 21.8 Å². The second-order valence-electron chi connectivity index (χ2n) is 10.3. The summed E-state index contributed by atoms with van der Waals surface area (Å²) >= 11 is 0. The number of hydrogen-bond acceptors (Lipinski definition) is 8. The van der Waals surface area contributed by atoms with Gasteiger partial charge in [0.25, 0.3) is 0 Å². The van der Waals surface area contributed by atoms with Gasteiger partial charge in [-0.25, -0.2) is 9.97 Å². The summed E-state index contributed by atoms with van der Waals surface area (Å²) in [6, 6.07) is 2.80. The molecule has 0 saturated heterocycles. The number of carbonyl (C=O) groups excluding carboxylic acids is 2. The van der Waals surface area contributed by atoms with Gasteiger partial charge in [-0.15, -0.1) is 0 Å². The number of halogens is 1. The van der Waals surface area contributed by atoms with Gasteiger partial charge in [-0.05, 0) is 52.8 Å². The third-order valence-corrected chi connectivity index (χ3v) is 6.52. The molecule has 1 saturated carbocycles. The molecule has 41 heavy (non-hydrogen) atoms. The third-order valence-electron chi connectivity index (χ3n) is 6.52. The van der Waals surface area contributed by atoms with Gasteiger partial charge in [-0.2, -0.15) is 9.37 Å². The molecule has 1 aliphatic rings. The van der Waals surface area contributed by atoms with Crippen LogP contribution >= 0.6 is 0 Å². The molecule has 2 N–H and O–H groups in total. The number of anilines is 3. The highest BCUT2D eigenvalue weighted by molar-refractivity contribution is 5.92. The number of nitrogens with zero attached hydrogens (tertiary/aromatic N) is 6. The fraction of sp³-hybridized carbons (Fsp3) is 0.500. The van der Waals surface area contributed by atoms with Crippen molar-refractivity contribution in [3.05, 3.63) is 48.2 Å². The van der Waals surface area contributed by atoms with Gasteiger partial charge in [0, 0.05) is 63.2 Å². The molecule has 0 aliphatic heterocycles. The number of nitrogens with one attached hydrogen (secondary N) is 2. The Kier molecular flexibility index (Phi) is 12.0. The van der Waals surface area contributed by atoms with E-state index in [9.17, 15) is 14.0 Å². The van der Waals surface area contributed by atoms with E-state index >= 15 is 0 Å². The molecule has 0 bridgehead atoms. The van der Waals surface area contributed by atoms with Crippen molar-refractivity contribution in [1.82, 2.24) is 30.1 Å².